The molecule has 0 aliphatic rings. The SMILES string of the molecule is CNC(=O)C(COCc1ccc(F)cc1)NC(=O)C(C)C. The van der Waals surface area contributed by atoms with Crippen LogP contribution in [0.15, 0.2) is 24.3 Å². The van der Waals surface area contributed by atoms with Gasteiger partial charge in [-0.2, -0.15) is 0 Å². The molecule has 116 valence electrons. The molecule has 0 spiro atoms. The summed E-state index contributed by atoms with van der Waals surface area (Å²) in [5.41, 5.74) is 0.794. The van der Waals surface area contributed by atoms with Gasteiger partial charge in [-0.15, -0.1) is 0 Å². The molecule has 1 aromatic carbocycles. The van der Waals surface area contributed by atoms with Crippen LogP contribution in [0, 0.1) is 11.7 Å². The highest BCUT2D eigenvalue weighted by molar-refractivity contribution is 5.88. The Bertz CT molecular complexity index is 474. The lowest BCUT2D eigenvalue weighted by molar-refractivity contribution is -0.131. The van der Waals surface area contributed by atoms with Crippen LogP contribution in [0.5, 0.6) is 0 Å². The van der Waals surface area contributed by atoms with E-state index in [-0.39, 0.29) is 36.8 Å². The topological polar surface area (TPSA) is 67.4 Å². The molecular weight excluding hydrogens is 275 g/mol. The second-order valence-electron chi connectivity index (χ2n) is 4.97. The molecule has 0 aliphatic carbocycles. The summed E-state index contributed by atoms with van der Waals surface area (Å²) < 4.78 is 18.2. The van der Waals surface area contributed by atoms with Crippen molar-refractivity contribution in [1.29, 1.82) is 0 Å². The van der Waals surface area contributed by atoms with Gasteiger partial charge in [0.1, 0.15) is 11.9 Å². The zero-order valence-electron chi connectivity index (χ0n) is 12.5. The maximum atomic E-state index is 12.8. The van der Waals surface area contributed by atoms with Crippen LogP contribution in [0.2, 0.25) is 0 Å². The Balaban J connectivity index is 2.51. The molecule has 6 heteroatoms. The van der Waals surface area contributed by atoms with Crippen LogP contribution in [-0.4, -0.2) is 31.5 Å². The molecule has 0 heterocycles. The molecule has 1 rings (SSSR count). The number of carbonyl (C=O) groups is 2. The summed E-state index contributed by atoms with van der Waals surface area (Å²) in [5.74, 6) is -1.06. The monoisotopic (exact) mass is 296 g/mol. The van der Waals surface area contributed by atoms with Crippen LogP contribution in [0.4, 0.5) is 4.39 Å². The lowest BCUT2D eigenvalue weighted by Crippen LogP contribution is -2.49. The summed E-state index contributed by atoms with van der Waals surface area (Å²) >= 11 is 0. The van der Waals surface area contributed by atoms with Gasteiger partial charge in [0.2, 0.25) is 11.8 Å². The number of hydrogen-bond donors (Lipinski definition) is 2. The number of nitrogens with one attached hydrogen (secondary N) is 2. The smallest absolute Gasteiger partial charge is 0.244 e. The first kappa shape index (κ1) is 17.1. The molecule has 5 nitrogen and oxygen atoms in total. The van der Waals surface area contributed by atoms with Crippen LogP contribution in [0.1, 0.15) is 19.4 Å². The van der Waals surface area contributed by atoms with E-state index < -0.39 is 6.04 Å². The van der Waals surface area contributed by atoms with Crippen LogP contribution in [0.25, 0.3) is 0 Å². The Morgan fingerprint density at radius 2 is 1.81 bits per heavy atom. The van der Waals surface area contributed by atoms with Gasteiger partial charge in [0, 0.05) is 13.0 Å². The normalized spacial score (nSPS) is 12.0. The molecule has 1 atom stereocenters. The third-order valence-electron chi connectivity index (χ3n) is 2.87. The van der Waals surface area contributed by atoms with E-state index in [1.54, 1.807) is 26.0 Å². The van der Waals surface area contributed by atoms with Crippen molar-refractivity contribution in [2.24, 2.45) is 5.92 Å². The summed E-state index contributed by atoms with van der Waals surface area (Å²) in [7, 11) is 1.50. The van der Waals surface area contributed by atoms with E-state index in [1.165, 1.54) is 19.2 Å². The molecule has 2 N–H and O–H groups in total. The van der Waals surface area contributed by atoms with Crippen molar-refractivity contribution in [3.63, 3.8) is 0 Å². The summed E-state index contributed by atoms with van der Waals surface area (Å²) in [6.07, 6.45) is 0. The van der Waals surface area contributed by atoms with Crippen molar-refractivity contribution in [3.8, 4) is 0 Å². The van der Waals surface area contributed by atoms with E-state index in [9.17, 15) is 14.0 Å². The lowest BCUT2D eigenvalue weighted by Gasteiger charge is -2.18. The predicted octanol–water partition coefficient (Wildman–Crippen LogP) is 1.23. The minimum absolute atomic E-state index is 0.0511. The largest absolute Gasteiger partial charge is 0.374 e. The molecule has 0 bridgehead atoms. The Kier molecular flexibility index (Phi) is 6.81. The molecule has 0 radical (unpaired) electrons. The number of rotatable bonds is 7. The van der Waals surface area contributed by atoms with Gasteiger partial charge in [-0.25, -0.2) is 4.39 Å². The average molecular weight is 296 g/mol. The fourth-order valence-electron chi connectivity index (χ4n) is 1.57. The van der Waals surface area contributed by atoms with Gasteiger partial charge in [-0.1, -0.05) is 26.0 Å². The maximum absolute atomic E-state index is 12.8. The number of carbonyl (C=O) groups excluding carboxylic acids is 2. The number of halogens is 1. The Morgan fingerprint density at radius 3 is 2.33 bits per heavy atom. The van der Waals surface area contributed by atoms with Gasteiger partial charge < -0.3 is 15.4 Å². The van der Waals surface area contributed by atoms with Gasteiger partial charge in [0.15, 0.2) is 0 Å². The summed E-state index contributed by atoms with van der Waals surface area (Å²) in [5, 5.41) is 5.11. The number of hydrogen-bond acceptors (Lipinski definition) is 3. The van der Waals surface area contributed by atoms with Crippen LogP contribution in [0.3, 0.4) is 0 Å². The van der Waals surface area contributed by atoms with Crippen LogP contribution < -0.4 is 10.6 Å². The quantitative estimate of drug-likeness (QED) is 0.795. The summed E-state index contributed by atoms with van der Waals surface area (Å²) in [6.45, 7) is 3.78. The van der Waals surface area contributed by atoms with Crippen LogP contribution >= 0.6 is 0 Å². The molecule has 0 fully saturated rings. The van der Waals surface area contributed by atoms with Gasteiger partial charge in [0.25, 0.3) is 0 Å². The summed E-state index contributed by atoms with van der Waals surface area (Å²) in [4.78, 5) is 23.4. The minimum Gasteiger partial charge on any atom is -0.374 e. The number of ether oxygens (including phenoxy) is 1. The Morgan fingerprint density at radius 1 is 1.19 bits per heavy atom. The van der Waals surface area contributed by atoms with Gasteiger partial charge in [-0.3, -0.25) is 9.59 Å². The maximum Gasteiger partial charge on any atom is 0.244 e. The van der Waals surface area contributed by atoms with Gasteiger partial charge in [-0.05, 0) is 17.7 Å². The first-order valence-electron chi connectivity index (χ1n) is 6.78. The average Bonchev–Trinajstić information content (AvgIpc) is 2.47. The number of likely N-dealkylation sites (N-methyl/N-ethyl adjacent to an activating group) is 1. The summed E-state index contributed by atoms with van der Waals surface area (Å²) in [6, 6.07) is 5.16. The van der Waals surface area contributed by atoms with E-state index in [4.69, 9.17) is 4.74 Å². The molecule has 0 aromatic heterocycles. The molecule has 21 heavy (non-hydrogen) atoms. The number of amides is 2. The fraction of sp³-hybridized carbons (Fsp3) is 0.467. The van der Waals surface area contributed by atoms with Crippen molar-refractivity contribution in [2.75, 3.05) is 13.7 Å². The third-order valence-corrected chi connectivity index (χ3v) is 2.87. The molecule has 2 amide bonds. The Labute approximate surface area is 123 Å². The zero-order valence-corrected chi connectivity index (χ0v) is 12.5. The molecule has 1 aromatic rings. The second kappa shape index (κ2) is 8.36. The van der Waals surface area contributed by atoms with E-state index in [1.807, 2.05) is 0 Å². The van der Waals surface area contributed by atoms with Crippen molar-refractivity contribution in [3.05, 3.63) is 35.6 Å². The van der Waals surface area contributed by atoms with E-state index >= 15 is 0 Å². The molecule has 0 saturated carbocycles. The second-order valence-corrected chi connectivity index (χ2v) is 4.97. The minimum atomic E-state index is -0.745. The first-order valence-corrected chi connectivity index (χ1v) is 6.78. The highest BCUT2D eigenvalue weighted by Gasteiger charge is 2.21. The zero-order chi connectivity index (χ0) is 15.8. The molecule has 1 unspecified atom stereocenters. The van der Waals surface area contributed by atoms with Crippen LogP contribution in [-0.2, 0) is 20.9 Å². The standard InChI is InChI=1S/C15H21FN2O3/c1-10(2)14(19)18-13(15(20)17-3)9-21-8-11-4-6-12(16)7-5-11/h4-7,10,13H,8-9H2,1-3H3,(H,17,20)(H,18,19). The van der Waals surface area contributed by atoms with E-state index in [0.717, 1.165) is 5.56 Å². The van der Waals surface area contributed by atoms with Crippen molar-refractivity contribution >= 4 is 11.8 Å². The fourth-order valence-corrected chi connectivity index (χ4v) is 1.57. The Hall–Kier alpha value is -1.95. The molecule has 0 aliphatic heterocycles. The highest BCUT2D eigenvalue weighted by Crippen LogP contribution is 2.04. The third kappa shape index (κ3) is 5.91. The van der Waals surface area contributed by atoms with Crippen molar-refractivity contribution < 1.29 is 18.7 Å². The predicted molar refractivity (Wildman–Crippen MR) is 76.9 cm³/mol. The van der Waals surface area contributed by atoms with Gasteiger partial charge in [0.05, 0.1) is 13.2 Å². The number of benzene rings is 1. The van der Waals surface area contributed by atoms with Gasteiger partial charge >= 0.3 is 0 Å². The molecular formula is C15H21FN2O3. The molecule has 0 saturated heterocycles. The van der Waals surface area contributed by atoms with Crippen molar-refractivity contribution in [1.82, 2.24) is 10.6 Å². The van der Waals surface area contributed by atoms with E-state index in [0.29, 0.717) is 0 Å². The first-order chi connectivity index (χ1) is 9.93. The lowest BCUT2D eigenvalue weighted by atomic mass is 10.2. The highest BCUT2D eigenvalue weighted by atomic mass is 19.1. The van der Waals surface area contributed by atoms with Crippen molar-refractivity contribution in [2.45, 2.75) is 26.5 Å². The van der Waals surface area contributed by atoms with E-state index in [2.05, 4.69) is 10.6 Å².